The van der Waals surface area contributed by atoms with Crippen LogP contribution in [0.2, 0.25) is 0 Å². The second-order valence-electron chi connectivity index (χ2n) is 3.17. The summed E-state index contributed by atoms with van der Waals surface area (Å²) in [5, 5.41) is 11.0. The van der Waals surface area contributed by atoms with Crippen molar-refractivity contribution in [1.29, 1.82) is 0 Å². The zero-order chi connectivity index (χ0) is 11.2. The van der Waals surface area contributed by atoms with E-state index in [1.807, 2.05) is 0 Å². The van der Waals surface area contributed by atoms with Gasteiger partial charge in [0.1, 0.15) is 0 Å². The van der Waals surface area contributed by atoms with Gasteiger partial charge in [0.05, 0.1) is 16.5 Å². The second kappa shape index (κ2) is 3.30. The third kappa shape index (κ3) is 1.50. The molecule has 15 heavy (non-hydrogen) atoms. The maximum Gasteiger partial charge on any atom is 0.273 e. The maximum absolute atomic E-state index is 13.5. The van der Waals surface area contributed by atoms with Gasteiger partial charge in [-0.05, 0) is 15.9 Å². The molecule has 0 saturated carbocycles. The number of hydrogen-bond donors (Lipinski definition) is 0. The Balaban J connectivity index is 2.87. The molecule has 2 rings (SSSR count). The molecule has 0 fully saturated rings. The van der Waals surface area contributed by atoms with E-state index in [0.717, 1.165) is 6.07 Å². The van der Waals surface area contributed by atoms with Gasteiger partial charge in [-0.15, -0.1) is 0 Å². The number of rotatable bonds is 1. The summed E-state index contributed by atoms with van der Waals surface area (Å²) < 4.78 is 15.8. The van der Waals surface area contributed by atoms with Gasteiger partial charge in [0.2, 0.25) is 0 Å². The minimum atomic E-state index is -0.609. The topological polar surface area (TPSA) is 48.1 Å². The van der Waals surface area contributed by atoms with Crippen LogP contribution in [0.4, 0.5) is 10.1 Å². The Bertz CT molecular complexity index is 565. The summed E-state index contributed by atoms with van der Waals surface area (Å²) in [6, 6.07) is 2.28. The van der Waals surface area contributed by atoms with E-state index in [2.05, 4.69) is 15.9 Å². The first-order valence-electron chi connectivity index (χ1n) is 4.09. The van der Waals surface area contributed by atoms with Crippen molar-refractivity contribution in [3.8, 4) is 0 Å². The van der Waals surface area contributed by atoms with E-state index in [1.54, 1.807) is 17.8 Å². The lowest BCUT2D eigenvalue weighted by Gasteiger charge is -1.98. The van der Waals surface area contributed by atoms with Crippen LogP contribution in [0.25, 0.3) is 10.9 Å². The molecule has 2 aromatic rings. The fourth-order valence-electron chi connectivity index (χ4n) is 1.53. The lowest BCUT2D eigenvalue weighted by atomic mass is 10.2. The van der Waals surface area contributed by atoms with E-state index in [4.69, 9.17) is 0 Å². The number of aryl methyl sites for hydroxylation is 1. The van der Waals surface area contributed by atoms with E-state index in [1.165, 1.54) is 6.07 Å². The van der Waals surface area contributed by atoms with Crippen LogP contribution in [0.15, 0.2) is 22.8 Å². The van der Waals surface area contributed by atoms with Gasteiger partial charge in [0.15, 0.2) is 5.82 Å². The predicted molar refractivity (Wildman–Crippen MR) is 57.2 cm³/mol. The largest absolute Gasteiger partial charge is 0.347 e. The Kier molecular flexibility index (Phi) is 2.22. The molecule has 0 saturated heterocycles. The molecule has 0 aliphatic rings. The van der Waals surface area contributed by atoms with Crippen molar-refractivity contribution < 1.29 is 9.31 Å². The average Bonchev–Trinajstić information content (AvgIpc) is 2.42. The molecule has 1 aromatic carbocycles. The summed E-state index contributed by atoms with van der Waals surface area (Å²) >= 11 is 3.23. The molecule has 0 bridgehead atoms. The van der Waals surface area contributed by atoms with Crippen LogP contribution in [0, 0.1) is 15.9 Å². The lowest BCUT2D eigenvalue weighted by molar-refractivity contribution is -0.384. The minimum absolute atomic E-state index is 0.244. The van der Waals surface area contributed by atoms with Crippen LogP contribution < -0.4 is 0 Å². The van der Waals surface area contributed by atoms with Crippen LogP contribution in [0.1, 0.15) is 0 Å². The first-order valence-corrected chi connectivity index (χ1v) is 4.88. The molecular weight excluding hydrogens is 267 g/mol. The van der Waals surface area contributed by atoms with Crippen molar-refractivity contribution in [3.05, 3.63) is 38.7 Å². The summed E-state index contributed by atoms with van der Waals surface area (Å²) in [5.74, 6) is -0.590. The smallest absolute Gasteiger partial charge is 0.273 e. The van der Waals surface area contributed by atoms with Crippen molar-refractivity contribution in [3.63, 3.8) is 0 Å². The number of halogens is 2. The molecule has 0 aliphatic carbocycles. The molecule has 0 radical (unpaired) electrons. The molecule has 4 nitrogen and oxygen atoms in total. The Morgan fingerprint density at radius 3 is 2.80 bits per heavy atom. The fraction of sp³-hybridized carbons (Fsp3) is 0.111. The summed E-state index contributed by atoms with van der Waals surface area (Å²) in [6.45, 7) is 0. The highest BCUT2D eigenvalue weighted by atomic mass is 79.9. The highest BCUT2D eigenvalue weighted by molar-refractivity contribution is 9.10. The molecular formula is C9H6BrFN2O2. The van der Waals surface area contributed by atoms with Gasteiger partial charge in [-0.25, -0.2) is 4.39 Å². The van der Waals surface area contributed by atoms with E-state index in [9.17, 15) is 14.5 Å². The molecule has 78 valence electrons. The van der Waals surface area contributed by atoms with Crippen LogP contribution in [0.5, 0.6) is 0 Å². The molecule has 0 spiro atoms. The number of non-ortho nitro benzene ring substituents is 1. The van der Waals surface area contributed by atoms with Crippen LogP contribution >= 0.6 is 15.9 Å². The SMILES string of the molecule is Cn1cc(Br)c2cc([N+](=O)[O-])cc(F)c21. The monoisotopic (exact) mass is 272 g/mol. The Hall–Kier alpha value is -1.43. The van der Waals surface area contributed by atoms with Crippen molar-refractivity contribution in [2.24, 2.45) is 7.05 Å². The van der Waals surface area contributed by atoms with Gasteiger partial charge in [0, 0.05) is 29.2 Å². The number of nitrogens with zero attached hydrogens (tertiary/aromatic N) is 2. The van der Waals surface area contributed by atoms with Gasteiger partial charge in [-0.3, -0.25) is 10.1 Å². The maximum atomic E-state index is 13.5. The second-order valence-corrected chi connectivity index (χ2v) is 4.02. The third-order valence-corrected chi connectivity index (χ3v) is 2.81. The summed E-state index contributed by atoms with van der Waals surface area (Å²) in [4.78, 5) is 9.92. The fourth-order valence-corrected chi connectivity index (χ4v) is 2.14. The Morgan fingerprint density at radius 2 is 2.20 bits per heavy atom. The van der Waals surface area contributed by atoms with Crippen molar-refractivity contribution in [2.45, 2.75) is 0 Å². The quantitative estimate of drug-likeness (QED) is 0.592. The van der Waals surface area contributed by atoms with Gasteiger partial charge in [-0.2, -0.15) is 0 Å². The molecule has 0 aliphatic heterocycles. The predicted octanol–water partition coefficient (Wildman–Crippen LogP) is 2.99. The third-order valence-electron chi connectivity index (χ3n) is 2.18. The summed E-state index contributed by atoms with van der Waals surface area (Å²) in [6.07, 6.45) is 1.66. The molecule has 0 unspecified atom stereocenters. The zero-order valence-electron chi connectivity index (χ0n) is 7.70. The number of nitro groups is 1. The normalized spacial score (nSPS) is 10.9. The van der Waals surface area contributed by atoms with Crippen molar-refractivity contribution in [2.75, 3.05) is 0 Å². The first kappa shape index (κ1) is 10.1. The highest BCUT2D eigenvalue weighted by Crippen LogP contribution is 2.31. The van der Waals surface area contributed by atoms with Crippen LogP contribution in [-0.4, -0.2) is 9.49 Å². The molecule has 0 amide bonds. The molecule has 0 atom stereocenters. The van der Waals surface area contributed by atoms with E-state index in [-0.39, 0.29) is 5.69 Å². The van der Waals surface area contributed by atoms with E-state index < -0.39 is 10.7 Å². The highest BCUT2D eigenvalue weighted by Gasteiger charge is 2.15. The average molecular weight is 273 g/mol. The van der Waals surface area contributed by atoms with Crippen LogP contribution in [0.3, 0.4) is 0 Å². The lowest BCUT2D eigenvalue weighted by Crippen LogP contribution is -1.92. The zero-order valence-corrected chi connectivity index (χ0v) is 9.28. The van der Waals surface area contributed by atoms with Gasteiger partial charge >= 0.3 is 0 Å². The molecule has 1 heterocycles. The number of nitro benzene ring substituents is 1. The van der Waals surface area contributed by atoms with E-state index in [0.29, 0.717) is 15.4 Å². The van der Waals surface area contributed by atoms with Gasteiger partial charge < -0.3 is 4.57 Å². The van der Waals surface area contributed by atoms with Crippen LogP contribution in [-0.2, 0) is 7.05 Å². The molecule has 0 N–H and O–H groups in total. The van der Waals surface area contributed by atoms with Crippen molar-refractivity contribution in [1.82, 2.24) is 4.57 Å². The molecule has 1 aromatic heterocycles. The van der Waals surface area contributed by atoms with E-state index >= 15 is 0 Å². The van der Waals surface area contributed by atoms with Gasteiger partial charge in [0.25, 0.3) is 5.69 Å². The standard InChI is InChI=1S/C9H6BrFN2O2/c1-12-4-7(10)6-2-5(13(14)15)3-8(11)9(6)12/h2-4H,1H3. The minimum Gasteiger partial charge on any atom is -0.347 e. The number of fused-ring (bicyclic) bond motifs is 1. The summed E-state index contributed by atoms with van der Waals surface area (Å²) in [7, 11) is 1.68. The number of benzene rings is 1. The molecule has 6 heteroatoms. The Morgan fingerprint density at radius 1 is 1.53 bits per heavy atom. The van der Waals surface area contributed by atoms with Crippen molar-refractivity contribution >= 4 is 32.5 Å². The first-order chi connectivity index (χ1) is 7.00. The number of aromatic nitrogens is 1. The summed E-state index contributed by atoms with van der Waals surface area (Å²) in [5.41, 5.74) is 0.111. The van der Waals surface area contributed by atoms with Gasteiger partial charge in [-0.1, -0.05) is 0 Å². The Labute approximate surface area is 92.6 Å². The number of hydrogen-bond acceptors (Lipinski definition) is 2.